The second kappa shape index (κ2) is 9.91. The standard InChI is InChI=1S/C21H34N4O/c1-17-15-23-11-7-19(17)8-12-24-21(22-2)25-13-9-20(10-14-25)26-16-18-5-3-4-6-18/h7,11,15,18,20H,3-6,8-10,12-14,16H2,1-2H3,(H,22,24). The topological polar surface area (TPSA) is 49.8 Å². The van der Waals surface area contributed by atoms with Crippen molar-refractivity contribution >= 4 is 5.96 Å². The van der Waals surface area contributed by atoms with Gasteiger partial charge in [0.05, 0.1) is 6.10 Å². The maximum Gasteiger partial charge on any atom is 0.193 e. The van der Waals surface area contributed by atoms with Crippen molar-refractivity contribution < 1.29 is 4.74 Å². The van der Waals surface area contributed by atoms with Crippen LogP contribution in [0, 0.1) is 12.8 Å². The van der Waals surface area contributed by atoms with Crippen LogP contribution in [0.4, 0.5) is 0 Å². The highest BCUT2D eigenvalue weighted by molar-refractivity contribution is 5.79. The molecule has 5 nitrogen and oxygen atoms in total. The van der Waals surface area contributed by atoms with Crippen LogP contribution in [-0.4, -0.2) is 55.2 Å². The van der Waals surface area contributed by atoms with Crippen molar-refractivity contribution in [1.82, 2.24) is 15.2 Å². The third kappa shape index (κ3) is 5.44. The average molecular weight is 359 g/mol. The van der Waals surface area contributed by atoms with Crippen molar-refractivity contribution in [1.29, 1.82) is 0 Å². The minimum atomic E-state index is 0.435. The summed E-state index contributed by atoms with van der Waals surface area (Å²) in [6, 6.07) is 2.10. The summed E-state index contributed by atoms with van der Waals surface area (Å²) in [4.78, 5) is 11.0. The molecule has 1 N–H and O–H groups in total. The molecule has 0 unspecified atom stereocenters. The Hall–Kier alpha value is -1.62. The van der Waals surface area contributed by atoms with E-state index in [1.165, 1.54) is 36.8 Å². The summed E-state index contributed by atoms with van der Waals surface area (Å²) < 4.78 is 6.19. The van der Waals surface area contributed by atoms with Gasteiger partial charge in [-0.15, -0.1) is 0 Å². The van der Waals surface area contributed by atoms with E-state index in [1.54, 1.807) is 0 Å². The van der Waals surface area contributed by atoms with Crippen LogP contribution in [0.15, 0.2) is 23.5 Å². The Bertz CT molecular complexity index is 575. The van der Waals surface area contributed by atoms with Gasteiger partial charge in [-0.2, -0.15) is 0 Å². The van der Waals surface area contributed by atoms with Crippen molar-refractivity contribution in [3.63, 3.8) is 0 Å². The molecule has 5 heteroatoms. The van der Waals surface area contributed by atoms with Gasteiger partial charge < -0.3 is 15.0 Å². The Morgan fingerprint density at radius 2 is 2.04 bits per heavy atom. The average Bonchev–Trinajstić information content (AvgIpc) is 3.19. The van der Waals surface area contributed by atoms with E-state index in [1.807, 2.05) is 19.4 Å². The maximum atomic E-state index is 6.19. The predicted molar refractivity (Wildman–Crippen MR) is 107 cm³/mol. The molecular weight excluding hydrogens is 324 g/mol. The van der Waals surface area contributed by atoms with Gasteiger partial charge in [-0.1, -0.05) is 12.8 Å². The van der Waals surface area contributed by atoms with Gasteiger partial charge in [0.25, 0.3) is 0 Å². The molecule has 0 bridgehead atoms. The lowest BCUT2D eigenvalue weighted by Gasteiger charge is -2.34. The number of hydrogen-bond donors (Lipinski definition) is 1. The fraction of sp³-hybridized carbons (Fsp3) is 0.714. The Morgan fingerprint density at radius 3 is 2.73 bits per heavy atom. The van der Waals surface area contributed by atoms with Crippen LogP contribution in [0.1, 0.15) is 49.7 Å². The van der Waals surface area contributed by atoms with Gasteiger partial charge in [-0.05, 0) is 62.1 Å². The van der Waals surface area contributed by atoms with Gasteiger partial charge in [0.15, 0.2) is 5.96 Å². The van der Waals surface area contributed by atoms with Crippen molar-refractivity contribution in [2.24, 2.45) is 10.9 Å². The highest BCUT2D eigenvalue weighted by Gasteiger charge is 2.23. The van der Waals surface area contributed by atoms with E-state index in [0.717, 1.165) is 57.4 Å². The molecule has 1 saturated heterocycles. The van der Waals surface area contributed by atoms with Crippen LogP contribution in [0.5, 0.6) is 0 Å². The van der Waals surface area contributed by atoms with Gasteiger partial charge in [0, 0.05) is 45.7 Å². The molecule has 1 aliphatic carbocycles. The Morgan fingerprint density at radius 1 is 1.27 bits per heavy atom. The molecule has 3 rings (SSSR count). The van der Waals surface area contributed by atoms with Gasteiger partial charge in [0.1, 0.15) is 0 Å². The van der Waals surface area contributed by atoms with Gasteiger partial charge in [0.2, 0.25) is 0 Å². The molecule has 0 radical (unpaired) electrons. The molecule has 2 heterocycles. The van der Waals surface area contributed by atoms with Crippen LogP contribution in [0.25, 0.3) is 0 Å². The summed E-state index contributed by atoms with van der Waals surface area (Å²) in [6.07, 6.45) is 13.0. The Balaban J connectivity index is 1.37. The summed E-state index contributed by atoms with van der Waals surface area (Å²) in [6.45, 7) is 6.05. The van der Waals surface area contributed by atoms with Gasteiger partial charge >= 0.3 is 0 Å². The zero-order chi connectivity index (χ0) is 18.2. The van der Waals surface area contributed by atoms with E-state index < -0.39 is 0 Å². The van der Waals surface area contributed by atoms with E-state index >= 15 is 0 Å². The van der Waals surface area contributed by atoms with E-state index in [0.29, 0.717) is 6.10 Å². The van der Waals surface area contributed by atoms with E-state index in [-0.39, 0.29) is 0 Å². The number of aromatic nitrogens is 1. The van der Waals surface area contributed by atoms with Crippen molar-refractivity contribution in [3.05, 3.63) is 29.6 Å². The first-order chi connectivity index (χ1) is 12.8. The highest BCUT2D eigenvalue weighted by Crippen LogP contribution is 2.26. The quantitative estimate of drug-likeness (QED) is 0.627. The molecule has 1 aliphatic heterocycles. The number of nitrogens with zero attached hydrogens (tertiary/aromatic N) is 3. The fourth-order valence-electron chi connectivity index (χ4n) is 4.11. The summed E-state index contributed by atoms with van der Waals surface area (Å²) >= 11 is 0. The first kappa shape index (κ1) is 19.2. The Kier molecular flexibility index (Phi) is 7.30. The minimum Gasteiger partial charge on any atom is -0.378 e. The molecule has 1 aromatic heterocycles. The lowest BCUT2D eigenvalue weighted by atomic mass is 10.1. The second-order valence-electron chi connectivity index (χ2n) is 7.70. The van der Waals surface area contributed by atoms with Crippen LogP contribution < -0.4 is 5.32 Å². The number of aryl methyl sites for hydroxylation is 1. The molecule has 1 aromatic rings. The number of hydrogen-bond acceptors (Lipinski definition) is 3. The molecule has 0 amide bonds. The number of piperidine rings is 1. The lowest BCUT2D eigenvalue weighted by Crippen LogP contribution is -2.47. The summed E-state index contributed by atoms with van der Waals surface area (Å²) in [7, 11) is 1.88. The number of ether oxygens (including phenoxy) is 1. The molecule has 0 spiro atoms. The van der Waals surface area contributed by atoms with E-state index in [2.05, 4.69) is 33.2 Å². The van der Waals surface area contributed by atoms with Crippen molar-refractivity contribution in [3.8, 4) is 0 Å². The number of likely N-dealkylation sites (tertiary alicyclic amines) is 1. The zero-order valence-corrected chi connectivity index (χ0v) is 16.4. The first-order valence-electron chi connectivity index (χ1n) is 10.2. The molecule has 2 aliphatic rings. The molecular formula is C21H34N4O. The maximum absolute atomic E-state index is 6.19. The molecule has 144 valence electrons. The zero-order valence-electron chi connectivity index (χ0n) is 16.4. The third-order valence-corrected chi connectivity index (χ3v) is 5.81. The van der Waals surface area contributed by atoms with Gasteiger partial charge in [-0.25, -0.2) is 0 Å². The van der Waals surface area contributed by atoms with Crippen LogP contribution in [-0.2, 0) is 11.2 Å². The van der Waals surface area contributed by atoms with Gasteiger partial charge in [-0.3, -0.25) is 9.98 Å². The highest BCUT2D eigenvalue weighted by atomic mass is 16.5. The molecule has 0 atom stereocenters. The SMILES string of the molecule is CN=C(NCCc1ccncc1C)N1CCC(OCC2CCCC2)CC1. The number of guanidine groups is 1. The second-order valence-corrected chi connectivity index (χ2v) is 7.70. The van der Waals surface area contributed by atoms with E-state index in [4.69, 9.17) is 4.74 Å². The smallest absolute Gasteiger partial charge is 0.193 e. The number of nitrogens with one attached hydrogen (secondary N) is 1. The van der Waals surface area contributed by atoms with E-state index in [9.17, 15) is 0 Å². The normalized spacial score (nSPS) is 19.9. The number of pyridine rings is 1. The summed E-state index contributed by atoms with van der Waals surface area (Å²) in [5.41, 5.74) is 2.60. The van der Waals surface area contributed by atoms with Crippen LogP contribution in [0.2, 0.25) is 0 Å². The number of aliphatic imine (C=N–C) groups is 1. The molecule has 26 heavy (non-hydrogen) atoms. The largest absolute Gasteiger partial charge is 0.378 e. The lowest BCUT2D eigenvalue weighted by molar-refractivity contribution is 0.00103. The van der Waals surface area contributed by atoms with Crippen molar-refractivity contribution in [2.75, 3.05) is 33.3 Å². The Labute approximate surface area is 158 Å². The van der Waals surface area contributed by atoms with Crippen molar-refractivity contribution in [2.45, 2.75) is 58.0 Å². The molecule has 2 fully saturated rings. The molecule has 0 aromatic carbocycles. The monoisotopic (exact) mass is 358 g/mol. The third-order valence-electron chi connectivity index (χ3n) is 5.81. The van der Waals surface area contributed by atoms with Crippen LogP contribution >= 0.6 is 0 Å². The number of rotatable bonds is 6. The summed E-state index contributed by atoms with van der Waals surface area (Å²) in [5.74, 6) is 1.84. The van der Waals surface area contributed by atoms with Crippen LogP contribution in [0.3, 0.4) is 0 Å². The fourth-order valence-corrected chi connectivity index (χ4v) is 4.11. The summed E-state index contributed by atoms with van der Waals surface area (Å²) in [5, 5.41) is 3.52. The molecule has 1 saturated carbocycles. The first-order valence-corrected chi connectivity index (χ1v) is 10.2. The predicted octanol–water partition coefficient (Wildman–Crippen LogP) is 3.18. The minimum absolute atomic E-state index is 0.435.